The molecular formula is C19H27N3O2S. The van der Waals surface area contributed by atoms with Gasteiger partial charge in [0.2, 0.25) is 5.91 Å². The van der Waals surface area contributed by atoms with Gasteiger partial charge >= 0.3 is 0 Å². The standard InChI is InChI=1S/C19H27N3O2S/c1-5-12-22-17(24)14-8-6-7-9-15(14)21-18(22)25-13-16(23)20-11-10-19(2,3)4/h6-9H,5,10-13H2,1-4H3,(H,20,23). The quantitative estimate of drug-likeness (QED) is 0.606. The number of rotatable bonds is 7. The Morgan fingerprint density at radius 3 is 2.68 bits per heavy atom. The summed E-state index contributed by atoms with van der Waals surface area (Å²) in [4.78, 5) is 29.3. The van der Waals surface area contributed by atoms with Crippen molar-refractivity contribution in [2.75, 3.05) is 12.3 Å². The number of thioether (sulfide) groups is 1. The third kappa shape index (κ3) is 5.59. The Balaban J connectivity index is 2.10. The summed E-state index contributed by atoms with van der Waals surface area (Å²) >= 11 is 1.32. The molecule has 0 bridgehead atoms. The molecule has 0 saturated heterocycles. The number of nitrogens with one attached hydrogen (secondary N) is 1. The van der Waals surface area contributed by atoms with Crippen LogP contribution in [0.5, 0.6) is 0 Å². The molecule has 1 N–H and O–H groups in total. The first-order valence-corrected chi connectivity index (χ1v) is 9.69. The maximum atomic E-state index is 12.7. The van der Waals surface area contributed by atoms with E-state index >= 15 is 0 Å². The van der Waals surface area contributed by atoms with Gasteiger partial charge in [0.25, 0.3) is 5.56 Å². The fraction of sp³-hybridized carbons (Fsp3) is 0.526. The van der Waals surface area contributed by atoms with Gasteiger partial charge in [-0.25, -0.2) is 4.98 Å². The lowest BCUT2D eigenvalue weighted by Gasteiger charge is -2.18. The largest absolute Gasteiger partial charge is 0.355 e. The number of hydrogen-bond acceptors (Lipinski definition) is 4. The average molecular weight is 362 g/mol. The van der Waals surface area contributed by atoms with Crippen molar-refractivity contribution in [2.24, 2.45) is 5.41 Å². The molecule has 0 saturated carbocycles. The molecule has 0 radical (unpaired) electrons. The number of carbonyl (C=O) groups excluding carboxylic acids is 1. The monoisotopic (exact) mass is 361 g/mol. The van der Waals surface area contributed by atoms with E-state index in [1.54, 1.807) is 10.6 Å². The first-order valence-electron chi connectivity index (χ1n) is 8.71. The van der Waals surface area contributed by atoms with Crippen LogP contribution in [0.15, 0.2) is 34.2 Å². The molecule has 1 aromatic carbocycles. The van der Waals surface area contributed by atoms with E-state index in [1.165, 1.54) is 11.8 Å². The number of amides is 1. The van der Waals surface area contributed by atoms with Gasteiger partial charge in [-0.2, -0.15) is 0 Å². The van der Waals surface area contributed by atoms with E-state index in [2.05, 4.69) is 31.1 Å². The van der Waals surface area contributed by atoms with Gasteiger partial charge in [-0.1, -0.05) is 51.6 Å². The van der Waals surface area contributed by atoms with Crippen molar-refractivity contribution in [1.82, 2.24) is 14.9 Å². The van der Waals surface area contributed by atoms with Crippen LogP contribution in [-0.4, -0.2) is 27.8 Å². The number of nitrogens with zero attached hydrogens (tertiary/aromatic N) is 2. The number of benzene rings is 1. The van der Waals surface area contributed by atoms with Gasteiger partial charge in [0.15, 0.2) is 5.16 Å². The molecule has 0 fully saturated rings. The smallest absolute Gasteiger partial charge is 0.262 e. The summed E-state index contributed by atoms with van der Waals surface area (Å²) < 4.78 is 1.68. The summed E-state index contributed by atoms with van der Waals surface area (Å²) in [5, 5.41) is 4.17. The predicted molar refractivity (Wildman–Crippen MR) is 104 cm³/mol. The highest BCUT2D eigenvalue weighted by Gasteiger charge is 2.14. The Morgan fingerprint density at radius 1 is 1.28 bits per heavy atom. The summed E-state index contributed by atoms with van der Waals surface area (Å²) in [5.41, 5.74) is 0.834. The summed E-state index contributed by atoms with van der Waals surface area (Å²) in [6, 6.07) is 7.34. The summed E-state index contributed by atoms with van der Waals surface area (Å²) in [7, 11) is 0. The number of para-hydroxylation sites is 1. The van der Waals surface area contributed by atoms with Gasteiger partial charge in [-0.15, -0.1) is 0 Å². The molecule has 0 aliphatic rings. The second kappa shape index (κ2) is 8.52. The van der Waals surface area contributed by atoms with Crippen LogP contribution < -0.4 is 10.9 Å². The van der Waals surface area contributed by atoms with Gasteiger partial charge < -0.3 is 5.32 Å². The van der Waals surface area contributed by atoms with Crippen molar-refractivity contribution in [3.63, 3.8) is 0 Å². The minimum atomic E-state index is -0.0388. The van der Waals surface area contributed by atoms with Crippen molar-refractivity contribution < 1.29 is 4.79 Å². The van der Waals surface area contributed by atoms with Gasteiger partial charge in [0.05, 0.1) is 16.7 Å². The van der Waals surface area contributed by atoms with E-state index in [9.17, 15) is 9.59 Å². The predicted octanol–water partition coefficient (Wildman–Crippen LogP) is 3.45. The van der Waals surface area contributed by atoms with Crippen molar-refractivity contribution in [2.45, 2.75) is 52.2 Å². The zero-order valence-corrected chi connectivity index (χ0v) is 16.3. The second-order valence-electron chi connectivity index (χ2n) is 7.32. The third-order valence-corrected chi connectivity index (χ3v) is 4.78. The van der Waals surface area contributed by atoms with Crippen molar-refractivity contribution in [3.05, 3.63) is 34.6 Å². The van der Waals surface area contributed by atoms with E-state index in [1.807, 2.05) is 25.1 Å². The lowest BCUT2D eigenvalue weighted by molar-refractivity contribution is -0.118. The molecule has 0 unspecified atom stereocenters. The molecular weight excluding hydrogens is 334 g/mol. The van der Waals surface area contributed by atoms with Crippen LogP contribution in [0.3, 0.4) is 0 Å². The van der Waals surface area contributed by atoms with Crippen LogP contribution in [0.2, 0.25) is 0 Å². The van der Waals surface area contributed by atoms with Crippen LogP contribution >= 0.6 is 11.8 Å². The SMILES string of the molecule is CCCn1c(SCC(=O)NCCC(C)(C)C)nc2ccccc2c1=O. The summed E-state index contributed by atoms with van der Waals surface area (Å²) in [6.07, 6.45) is 1.77. The molecule has 1 amide bonds. The molecule has 1 aromatic heterocycles. The topological polar surface area (TPSA) is 64.0 Å². The van der Waals surface area contributed by atoms with Crippen LogP contribution in [0.25, 0.3) is 10.9 Å². The minimum Gasteiger partial charge on any atom is -0.355 e. The first-order chi connectivity index (χ1) is 11.8. The van der Waals surface area contributed by atoms with Crippen LogP contribution in [0, 0.1) is 5.41 Å². The highest BCUT2D eigenvalue weighted by Crippen LogP contribution is 2.19. The molecule has 136 valence electrons. The van der Waals surface area contributed by atoms with E-state index < -0.39 is 0 Å². The van der Waals surface area contributed by atoms with Gasteiger partial charge in [0, 0.05) is 13.1 Å². The highest BCUT2D eigenvalue weighted by atomic mass is 32.2. The summed E-state index contributed by atoms with van der Waals surface area (Å²) in [6.45, 7) is 9.73. The maximum absolute atomic E-state index is 12.7. The van der Waals surface area contributed by atoms with Crippen molar-refractivity contribution >= 4 is 28.6 Å². The molecule has 2 aromatic rings. The lowest BCUT2D eigenvalue weighted by atomic mass is 9.92. The second-order valence-corrected chi connectivity index (χ2v) is 8.26. The van der Waals surface area contributed by atoms with E-state index in [0.29, 0.717) is 29.1 Å². The molecule has 1 heterocycles. The number of fused-ring (bicyclic) bond motifs is 1. The van der Waals surface area contributed by atoms with Crippen molar-refractivity contribution in [1.29, 1.82) is 0 Å². The van der Waals surface area contributed by atoms with Gasteiger partial charge in [-0.05, 0) is 30.4 Å². The Morgan fingerprint density at radius 2 is 2.00 bits per heavy atom. The molecule has 6 heteroatoms. The van der Waals surface area contributed by atoms with Gasteiger partial charge in [0.1, 0.15) is 0 Å². The number of aromatic nitrogens is 2. The lowest BCUT2D eigenvalue weighted by Crippen LogP contribution is -2.29. The van der Waals surface area contributed by atoms with E-state index in [0.717, 1.165) is 12.8 Å². The normalized spacial score (nSPS) is 11.7. The van der Waals surface area contributed by atoms with Crippen LogP contribution in [0.4, 0.5) is 0 Å². The molecule has 0 atom stereocenters. The maximum Gasteiger partial charge on any atom is 0.262 e. The fourth-order valence-electron chi connectivity index (χ4n) is 2.44. The number of hydrogen-bond donors (Lipinski definition) is 1. The van der Waals surface area contributed by atoms with Crippen LogP contribution in [0.1, 0.15) is 40.5 Å². The Kier molecular flexibility index (Phi) is 6.64. The van der Waals surface area contributed by atoms with E-state index in [-0.39, 0.29) is 22.6 Å². The van der Waals surface area contributed by atoms with E-state index in [4.69, 9.17) is 0 Å². The average Bonchev–Trinajstić information content (AvgIpc) is 2.55. The molecule has 5 nitrogen and oxygen atoms in total. The Bertz CT molecular complexity index is 793. The minimum absolute atomic E-state index is 0.0280. The summed E-state index contributed by atoms with van der Waals surface area (Å²) in [5.74, 6) is 0.234. The van der Waals surface area contributed by atoms with Crippen LogP contribution in [-0.2, 0) is 11.3 Å². The van der Waals surface area contributed by atoms with Gasteiger partial charge in [-0.3, -0.25) is 14.2 Å². The molecule has 2 rings (SSSR count). The molecule has 0 aliphatic carbocycles. The number of carbonyl (C=O) groups is 1. The van der Waals surface area contributed by atoms with Crippen molar-refractivity contribution in [3.8, 4) is 0 Å². The Hall–Kier alpha value is -1.82. The first kappa shape index (κ1) is 19.5. The zero-order valence-electron chi connectivity index (χ0n) is 15.5. The molecule has 0 aliphatic heterocycles. The third-order valence-electron chi connectivity index (χ3n) is 3.80. The molecule has 25 heavy (non-hydrogen) atoms. The Labute approximate surface area is 153 Å². The zero-order chi connectivity index (χ0) is 18.4. The highest BCUT2D eigenvalue weighted by molar-refractivity contribution is 7.99. The fourth-order valence-corrected chi connectivity index (χ4v) is 3.29. The molecule has 0 spiro atoms.